The highest BCUT2D eigenvalue weighted by Crippen LogP contribution is 2.45. The summed E-state index contributed by atoms with van der Waals surface area (Å²) in [5.41, 5.74) is 0. The van der Waals surface area contributed by atoms with Crippen LogP contribution in [-0.2, 0) is 9.05 Å². The Morgan fingerprint density at radius 1 is 1.33 bits per heavy atom. The Labute approximate surface area is 60.6 Å². The van der Waals surface area contributed by atoms with Crippen LogP contribution in [0.2, 0.25) is 0 Å². The lowest BCUT2D eigenvalue weighted by Gasteiger charge is -2.14. The summed E-state index contributed by atoms with van der Waals surface area (Å²) in [6, 6.07) is 0. The molecule has 0 atom stereocenters. The molecule has 0 unspecified atom stereocenters. The van der Waals surface area contributed by atoms with Gasteiger partial charge in [-0.25, -0.2) is 0 Å². The smallest absolute Gasteiger partial charge is 0.276 e. The summed E-state index contributed by atoms with van der Waals surface area (Å²) in [5, 5.41) is 7.00. The maximum atomic E-state index is 7.00. The zero-order valence-corrected chi connectivity index (χ0v) is 6.86. The van der Waals surface area contributed by atoms with Crippen molar-refractivity contribution in [2.75, 3.05) is 20.3 Å². The van der Waals surface area contributed by atoms with Gasteiger partial charge >= 0.3 is 0 Å². The van der Waals surface area contributed by atoms with Crippen molar-refractivity contribution in [1.82, 2.24) is 0 Å². The maximum absolute atomic E-state index is 7.00. The standard InChI is InChI=1S/C3H6ClO2P.CH4O/c4-7-5-2-1-3-6-7;1-2/h1-3H2;2H,1H3. The van der Waals surface area contributed by atoms with Gasteiger partial charge in [-0.2, -0.15) is 0 Å². The molecule has 0 radical (unpaired) electrons. The Hall–Kier alpha value is 0.600. The minimum absolute atomic E-state index is 0.759. The van der Waals surface area contributed by atoms with Gasteiger partial charge in [0.1, 0.15) is 0 Å². The molecule has 1 heterocycles. The number of hydrogen-bond acceptors (Lipinski definition) is 3. The second-order valence-corrected chi connectivity index (χ2v) is 3.00. The first kappa shape index (κ1) is 9.60. The van der Waals surface area contributed by atoms with Gasteiger partial charge in [-0.05, 0) is 17.7 Å². The zero-order valence-electron chi connectivity index (χ0n) is 5.21. The zero-order chi connectivity index (χ0) is 7.11. The summed E-state index contributed by atoms with van der Waals surface area (Å²) in [6.07, 6.45) is 0.978. The molecule has 0 saturated carbocycles. The SMILES string of the molecule is CO.ClP1OCCCO1. The third kappa shape index (κ3) is 5.07. The molecule has 0 aromatic rings. The van der Waals surface area contributed by atoms with Gasteiger partial charge in [0.05, 0.1) is 13.2 Å². The normalized spacial score (nSPS) is 20.3. The number of hydrogen-bond donors (Lipinski definition) is 1. The average Bonchev–Trinajstić information content (AvgIpc) is 1.94. The van der Waals surface area contributed by atoms with E-state index < -0.39 is 7.73 Å². The van der Waals surface area contributed by atoms with E-state index in [4.69, 9.17) is 25.4 Å². The van der Waals surface area contributed by atoms with E-state index >= 15 is 0 Å². The van der Waals surface area contributed by atoms with E-state index in [1.54, 1.807) is 0 Å². The third-order valence-electron chi connectivity index (χ3n) is 0.674. The monoisotopic (exact) mass is 172 g/mol. The first-order chi connectivity index (χ1) is 4.39. The summed E-state index contributed by atoms with van der Waals surface area (Å²) in [5.74, 6) is 0. The minimum atomic E-state index is -1.02. The molecule has 0 spiro atoms. The lowest BCUT2D eigenvalue weighted by molar-refractivity contribution is 0.192. The fraction of sp³-hybridized carbons (Fsp3) is 1.00. The molecule has 56 valence electrons. The van der Waals surface area contributed by atoms with E-state index in [1.165, 1.54) is 0 Å². The van der Waals surface area contributed by atoms with Gasteiger partial charge in [-0.15, -0.1) is 0 Å². The summed E-state index contributed by atoms with van der Waals surface area (Å²) in [6.45, 7) is 1.52. The Morgan fingerprint density at radius 3 is 2.00 bits per heavy atom. The van der Waals surface area contributed by atoms with Gasteiger partial charge in [0.2, 0.25) is 0 Å². The highest BCUT2D eigenvalue weighted by molar-refractivity contribution is 7.76. The number of aliphatic hydroxyl groups is 1. The molecule has 1 rings (SSSR count). The number of halogens is 1. The van der Waals surface area contributed by atoms with Crippen LogP contribution >= 0.6 is 19.0 Å². The average molecular weight is 173 g/mol. The van der Waals surface area contributed by atoms with Crippen LogP contribution in [0.15, 0.2) is 0 Å². The lowest BCUT2D eigenvalue weighted by atomic mass is 10.5. The van der Waals surface area contributed by atoms with Crippen LogP contribution < -0.4 is 0 Å². The van der Waals surface area contributed by atoms with E-state index in [-0.39, 0.29) is 0 Å². The second-order valence-electron chi connectivity index (χ2n) is 1.23. The molecule has 1 aliphatic rings. The van der Waals surface area contributed by atoms with Gasteiger partial charge in [0.15, 0.2) is 0 Å². The largest absolute Gasteiger partial charge is 0.400 e. The van der Waals surface area contributed by atoms with Crippen LogP contribution in [0.4, 0.5) is 0 Å². The Balaban J connectivity index is 0.000000291. The van der Waals surface area contributed by atoms with Gasteiger partial charge in [-0.3, -0.25) is 0 Å². The van der Waals surface area contributed by atoms with Crippen LogP contribution in [0.5, 0.6) is 0 Å². The van der Waals surface area contributed by atoms with Crippen molar-refractivity contribution in [2.45, 2.75) is 6.42 Å². The summed E-state index contributed by atoms with van der Waals surface area (Å²) in [4.78, 5) is 0. The maximum Gasteiger partial charge on any atom is 0.276 e. The number of rotatable bonds is 0. The molecule has 9 heavy (non-hydrogen) atoms. The lowest BCUT2D eigenvalue weighted by Crippen LogP contribution is -2.01. The predicted octanol–water partition coefficient (Wildman–Crippen LogP) is 1.50. The van der Waals surface area contributed by atoms with Gasteiger partial charge in [0, 0.05) is 7.11 Å². The fourth-order valence-electron chi connectivity index (χ4n) is 0.369. The molecule has 0 aromatic heterocycles. The molecule has 1 saturated heterocycles. The van der Waals surface area contributed by atoms with Crippen LogP contribution in [0.3, 0.4) is 0 Å². The minimum Gasteiger partial charge on any atom is -0.400 e. The molecule has 1 fully saturated rings. The summed E-state index contributed by atoms with van der Waals surface area (Å²) >= 11 is 5.44. The first-order valence-corrected chi connectivity index (χ1v) is 4.64. The Morgan fingerprint density at radius 2 is 1.78 bits per heavy atom. The molecular weight excluding hydrogens is 162 g/mol. The molecule has 1 aliphatic heterocycles. The van der Waals surface area contributed by atoms with Crippen molar-refractivity contribution in [2.24, 2.45) is 0 Å². The van der Waals surface area contributed by atoms with Crippen LogP contribution in [0.1, 0.15) is 6.42 Å². The molecule has 5 heteroatoms. The van der Waals surface area contributed by atoms with E-state index in [0.717, 1.165) is 26.7 Å². The van der Waals surface area contributed by atoms with Crippen molar-refractivity contribution < 1.29 is 14.2 Å². The van der Waals surface area contributed by atoms with Crippen LogP contribution in [0, 0.1) is 0 Å². The first-order valence-electron chi connectivity index (χ1n) is 2.56. The van der Waals surface area contributed by atoms with Gasteiger partial charge in [0.25, 0.3) is 7.73 Å². The molecule has 3 nitrogen and oxygen atoms in total. The molecule has 0 bridgehead atoms. The molecular formula is C4H10ClO3P. The molecule has 0 aliphatic carbocycles. The third-order valence-corrected chi connectivity index (χ3v) is 2.03. The van der Waals surface area contributed by atoms with E-state index in [0.29, 0.717) is 0 Å². The highest BCUT2D eigenvalue weighted by atomic mass is 35.7. The molecule has 1 N–H and O–H groups in total. The van der Waals surface area contributed by atoms with Crippen LogP contribution in [0.25, 0.3) is 0 Å². The Kier molecular flexibility index (Phi) is 7.16. The van der Waals surface area contributed by atoms with Crippen molar-refractivity contribution >= 4 is 19.0 Å². The Bertz CT molecular complexity index is 57.8. The van der Waals surface area contributed by atoms with E-state index in [1.807, 2.05) is 0 Å². The van der Waals surface area contributed by atoms with E-state index in [9.17, 15) is 0 Å². The second kappa shape index (κ2) is 6.72. The predicted molar refractivity (Wildman–Crippen MR) is 37.4 cm³/mol. The molecule has 0 aromatic carbocycles. The van der Waals surface area contributed by atoms with Crippen molar-refractivity contribution in [3.63, 3.8) is 0 Å². The van der Waals surface area contributed by atoms with Gasteiger partial charge in [-0.1, -0.05) is 0 Å². The fourth-order valence-corrected chi connectivity index (χ4v) is 1.40. The summed E-state index contributed by atoms with van der Waals surface area (Å²) in [7, 11) is -0.0194. The van der Waals surface area contributed by atoms with E-state index in [2.05, 4.69) is 0 Å². The summed E-state index contributed by atoms with van der Waals surface area (Å²) < 4.78 is 9.77. The van der Waals surface area contributed by atoms with Crippen LogP contribution in [-0.4, -0.2) is 25.4 Å². The number of aliphatic hydroxyl groups excluding tert-OH is 1. The quantitative estimate of drug-likeness (QED) is 0.563. The topological polar surface area (TPSA) is 38.7 Å². The van der Waals surface area contributed by atoms with Crippen molar-refractivity contribution in [3.8, 4) is 0 Å². The molecule has 0 amide bonds. The highest BCUT2D eigenvalue weighted by Gasteiger charge is 2.09. The van der Waals surface area contributed by atoms with Crippen molar-refractivity contribution in [3.05, 3.63) is 0 Å². The van der Waals surface area contributed by atoms with Gasteiger partial charge < -0.3 is 14.2 Å². The van der Waals surface area contributed by atoms with Crippen molar-refractivity contribution in [1.29, 1.82) is 0 Å².